The van der Waals surface area contributed by atoms with Gasteiger partial charge in [-0.1, -0.05) is 36.4 Å². The molecule has 134 valence electrons. The van der Waals surface area contributed by atoms with Crippen LogP contribution in [0.4, 0.5) is 5.69 Å². The third-order valence-corrected chi connectivity index (χ3v) is 4.97. The zero-order valence-corrected chi connectivity index (χ0v) is 14.9. The van der Waals surface area contributed by atoms with Crippen LogP contribution in [-0.2, 0) is 9.59 Å². The molecule has 0 spiro atoms. The van der Waals surface area contributed by atoms with Crippen LogP contribution in [0.3, 0.4) is 0 Å². The van der Waals surface area contributed by atoms with Gasteiger partial charge >= 0.3 is 0 Å². The van der Waals surface area contributed by atoms with Crippen LogP contribution in [0.25, 0.3) is 0 Å². The molecular formula is C20H21N3O3. The van der Waals surface area contributed by atoms with Gasteiger partial charge in [0, 0.05) is 11.3 Å². The first-order chi connectivity index (χ1) is 12.4. The first-order valence-electron chi connectivity index (χ1n) is 8.63. The fourth-order valence-corrected chi connectivity index (χ4v) is 3.66. The molecule has 0 aliphatic carbocycles. The van der Waals surface area contributed by atoms with Gasteiger partial charge in [0.1, 0.15) is 11.7 Å². The monoisotopic (exact) mass is 351 g/mol. The second-order valence-corrected chi connectivity index (χ2v) is 7.16. The van der Waals surface area contributed by atoms with Crippen molar-refractivity contribution in [3.8, 4) is 5.75 Å². The van der Waals surface area contributed by atoms with Gasteiger partial charge in [-0.15, -0.1) is 0 Å². The van der Waals surface area contributed by atoms with E-state index in [2.05, 4.69) is 10.7 Å². The number of fused-ring (bicyclic) bond motifs is 3. The molecule has 4 rings (SSSR count). The van der Waals surface area contributed by atoms with Gasteiger partial charge in [0.2, 0.25) is 11.8 Å². The quantitative estimate of drug-likeness (QED) is 0.816. The van der Waals surface area contributed by atoms with Crippen LogP contribution in [0.5, 0.6) is 5.75 Å². The van der Waals surface area contributed by atoms with Crippen LogP contribution in [-0.4, -0.2) is 22.5 Å². The molecule has 1 fully saturated rings. The second-order valence-electron chi connectivity index (χ2n) is 7.16. The summed E-state index contributed by atoms with van der Waals surface area (Å²) in [5.41, 5.74) is 4.56. The minimum Gasteiger partial charge on any atom is -0.471 e. The maximum atomic E-state index is 13.0. The molecule has 0 radical (unpaired) electrons. The van der Waals surface area contributed by atoms with Crippen LogP contribution in [0, 0.1) is 12.8 Å². The summed E-state index contributed by atoms with van der Waals surface area (Å²) in [6.07, 6.45) is 0. The molecule has 2 N–H and O–H groups in total. The van der Waals surface area contributed by atoms with Crippen molar-refractivity contribution in [2.24, 2.45) is 5.92 Å². The van der Waals surface area contributed by atoms with Crippen molar-refractivity contribution in [1.82, 2.24) is 10.4 Å². The number of ether oxygens (including phenoxy) is 1. The van der Waals surface area contributed by atoms with Gasteiger partial charge in [0.05, 0.1) is 6.04 Å². The molecule has 0 aromatic heterocycles. The van der Waals surface area contributed by atoms with Crippen molar-refractivity contribution >= 4 is 17.5 Å². The number of carbonyl (C=O) groups excluding carboxylic acids is 2. The van der Waals surface area contributed by atoms with E-state index >= 15 is 0 Å². The fraction of sp³-hybridized carbons (Fsp3) is 0.300. The van der Waals surface area contributed by atoms with E-state index in [1.54, 1.807) is 5.01 Å². The standard InChI is InChI=1S/C20H21N3O3/c1-12-8-4-6-10-14(12)21-18(24)16-17-13-9-5-7-11-15(13)26-20(2,3)23(17)22-19(16)25/h4-11,16-17H,1-3H3,(H,21,24)(H,22,25). The van der Waals surface area contributed by atoms with E-state index in [4.69, 9.17) is 4.74 Å². The highest BCUT2D eigenvalue weighted by Crippen LogP contribution is 2.46. The maximum Gasteiger partial charge on any atom is 0.249 e. The molecule has 2 aliphatic heterocycles. The average molecular weight is 351 g/mol. The zero-order chi connectivity index (χ0) is 18.5. The molecule has 6 heteroatoms. The molecule has 2 atom stereocenters. The third kappa shape index (κ3) is 2.54. The zero-order valence-electron chi connectivity index (χ0n) is 14.9. The number of nitrogens with zero attached hydrogens (tertiary/aromatic N) is 1. The molecule has 2 heterocycles. The number of aryl methyl sites for hydroxylation is 1. The number of benzene rings is 2. The highest BCUT2D eigenvalue weighted by Gasteiger charge is 2.55. The lowest BCUT2D eigenvalue weighted by Gasteiger charge is -2.44. The third-order valence-electron chi connectivity index (χ3n) is 4.97. The number of hydrazine groups is 1. The molecule has 6 nitrogen and oxygen atoms in total. The highest BCUT2D eigenvalue weighted by molar-refractivity contribution is 6.08. The van der Waals surface area contributed by atoms with Crippen LogP contribution in [0.2, 0.25) is 0 Å². The number of hydrogen-bond donors (Lipinski definition) is 2. The Kier molecular flexibility index (Phi) is 3.73. The predicted molar refractivity (Wildman–Crippen MR) is 97.2 cm³/mol. The van der Waals surface area contributed by atoms with Crippen molar-refractivity contribution in [3.05, 3.63) is 59.7 Å². The van der Waals surface area contributed by atoms with Crippen LogP contribution in [0.1, 0.15) is 31.0 Å². The summed E-state index contributed by atoms with van der Waals surface area (Å²) in [6.45, 7) is 5.67. The topological polar surface area (TPSA) is 70.7 Å². The Bertz CT molecular complexity index is 893. The molecule has 2 amide bonds. The number of para-hydroxylation sites is 2. The largest absolute Gasteiger partial charge is 0.471 e. The molecule has 0 saturated carbocycles. The molecule has 2 aliphatic rings. The fourth-order valence-electron chi connectivity index (χ4n) is 3.66. The molecule has 1 saturated heterocycles. The number of nitrogens with one attached hydrogen (secondary N) is 2. The van der Waals surface area contributed by atoms with Crippen molar-refractivity contribution in [2.75, 3.05) is 5.32 Å². The molecule has 0 bridgehead atoms. The molecule has 2 aromatic rings. The molecule has 2 aromatic carbocycles. The Labute approximate surface area is 152 Å². The first-order valence-corrected chi connectivity index (χ1v) is 8.63. The number of anilines is 1. The lowest BCUT2D eigenvalue weighted by atomic mass is 9.89. The number of amides is 2. The van der Waals surface area contributed by atoms with Crippen molar-refractivity contribution < 1.29 is 14.3 Å². The Morgan fingerprint density at radius 2 is 1.85 bits per heavy atom. The summed E-state index contributed by atoms with van der Waals surface area (Å²) in [5, 5.41) is 4.64. The predicted octanol–water partition coefficient (Wildman–Crippen LogP) is 2.77. The van der Waals surface area contributed by atoms with Gasteiger partial charge in [0.15, 0.2) is 5.72 Å². The van der Waals surface area contributed by atoms with E-state index in [1.807, 2.05) is 69.3 Å². The number of hydrogen-bond acceptors (Lipinski definition) is 4. The van der Waals surface area contributed by atoms with E-state index in [1.165, 1.54) is 0 Å². The summed E-state index contributed by atoms with van der Waals surface area (Å²) in [6, 6.07) is 14.6. The minimum absolute atomic E-state index is 0.322. The highest BCUT2D eigenvalue weighted by atomic mass is 16.5. The lowest BCUT2D eigenvalue weighted by Crippen LogP contribution is -2.56. The normalized spacial score (nSPS) is 23.4. The molecule has 26 heavy (non-hydrogen) atoms. The second kappa shape index (κ2) is 5.85. The van der Waals surface area contributed by atoms with E-state index in [9.17, 15) is 9.59 Å². The lowest BCUT2D eigenvalue weighted by molar-refractivity contribution is -0.133. The van der Waals surface area contributed by atoms with Crippen LogP contribution < -0.4 is 15.5 Å². The van der Waals surface area contributed by atoms with Crippen molar-refractivity contribution in [3.63, 3.8) is 0 Å². The molecule has 2 unspecified atom stereocenters. The van der Waals surface area contributed by atoms with E-state index in [0.717, 1.165) is 11.1 Å². The van der Waals surface area contributed by atoms with Crippen LogP contribution in [0.15, 0.2) is 48.5 Å². The SMILES string of the molecule is Cc1ccccc1NC(=O)C1C(=O)NN2C1c1ccccc1OC2(C)C. The van der Waals surface area contributed by atoms with Gasteiger partial charge < -0.3 is 10.1 Å². The van der Waals surface area contributed by atoms with E-state index in [-0.39, 0.29) is 11.8 Å². The van der Waals surface area contributed by atoms with E-state index in [0.29, 0.717) is 11.4 Å². The smallest absolute Gasteiger partial charge is 0.249 e. The Hall–Kier alpha value is -2.86. The van der Waals surface area contributed by atoms with Crippen molar-refractivity contribution in [2.45, 2.75) is 32.5 Å². The van der Waals surface area contributed by atoms with Gasteiger partial charge in [-0.25, -0.2) is 0 Å². The number of carbonyl (C=O) groups is 2. The van der Waals surface area contributed by atoms with Crippen molar-refractivity contribution in [1.29, 1.82) is 0 Å². The summed E-state index contributed by atoms with van der Waals surface area (Å²) in [4.78, 5) is 25.7. The average Bonchev–Trinajstić information content (AvgIpc) is 2.95. The summed E-state index contributed by atoms with van der Waals surface area (Å²) in [5.74, 6) is -0.811. The Morgan fingerprint density at radius 3 is 2.62 bits per heavy atom. The summed E-state index contributed by atoms with van der Waals surface area (Å²) in [7, 11) is 0. The Morgan fingerprint density at radius 1 is 1.15 bits per heavy atom. The van der Waals surface area contributed by atoms with Gasteiger partial charge in [0.25, 0.3) is 0 Å². The first kappa shape index (κ1) is 16.6. The maximum absolute atomic E-state index is 13.0. The van der Waals surface area contributed by atoms with Gasteiger partial charge in [-0.05, 0) is 38.5 Å². The Balaban J connectivity index is 1.72. The minimum atomic E-state index is -0.862. The summed E-state index contributed by atoms with van der Waals surface area (Å²) < 4.78 is 6.03. The van der Waals surface area contributed by atoms with Crippen LogP contribution >= 0.6 is 0 Å². The van der Waals surface area contributed by atoms with E-state index < -0.39 is 17.7 Å². The summed E-state index contributed by atoms with van der Waals surface area (Å²) >= 11 is 0. The molecular weight excluding hydrogens is 330 g/mol. The van der Waals surface area contributed by atoms with Gasteiger partial charge in [-0.3, -0.25) is 15.0 Å². The number of rotatable bonds is 2. The van der Waals surface area contributed by atoms with Gasteiger partial charge in [-0.2, -0.15) is 5.01 Å².